The molecule has 0 saturated heterocycles. The van der Waals surface area contributed by atoms with E-state index in [1.54, 1.807) is 54.6 Å². The maximum Gasteiger partial charge on any atom is 0.271 e. The summed E-state index contributed by atoms with van der Waals surface area (Å²) >= 11 is 12.0. The highest BCUT2D eigenvalue weighted by Crippen LogP contribution is 2.28. The van der Waals surface area contributed by atoms with Gasteiger partial charge in [-0.25, -0.2) is 10.4 Å². The summed E-state index contributed by atoms with van der Waals surface area (Å²) in [4.78, 5) is 20.0. The Morgan fingerprint density at radius 1 is 1.10 bits per heavy atom. The lowest BCUT2D eigenvalue weighted by molar-refractivity contribution is 0.0955. The molecule has 0 aliphatic carbocycles. The Morgan fingerprint density at radius 3 is 2.76 bits per heavy atom. The number of aromatic amines is 1. The van der Waals surface area contributed by atoms with Crippen molar-refractivity contribution in [3.05, 3.63) is 81.8 Å². The summed E-state index contributed by atoms with van der Waals surface area (Å²) in [6, 6.07) is 17.1. The van der Waals surface area contributed by atoms with Gasteiger partial charge in [0.15, 0.2) is 0 Å². The van der Waals surface area contributed by atoms with Gasteiger partial charge in [0.25, 0.3) is 5.91 Å². The molecule has 4 aromatic rings. The number of rotatable bonds is 4. The summed E-state index contributed by atoms with van der Waals surface area (Å²) in [6.07, 6.45) is 1.43. The third-order valence-electron chi connectivity index (χ3n) is 4.25. The maximum atomic E-state index is 12.4. The smallest absolute Gasteiger partial charge is 0.271 e. The van der Waals surface area contributed by atoms with Crippen molar-refractivity contribution in [2.75, 3.05) is 0 Å². The zero-order valence-electron chi connectivity index (χ0n) is 14.9. The highest BCUT2D eigenvalue weighted by atomic mass is 35.5. The third-order valence-corrected chi connectivity index (χ3v) is 5.09. The molecule has 4 rings (SSSR count). The Morgan fingerprint density at radius 2 is 1.93 bits per heavy atom. The molecule has 1 heterocycles. The van der Waals surface area contributed by atoms with Crippen LogP contribution in [0.3, 0.4) is 0 Å². The standard InChI is InChI=1S/C21H14Cl2N4O2/c22-15-6-3-4-13(19(15)23)11-24-27-21(29)12-8-9-16-17(10-12)26-20(25-16)14-5-1-2-7-18(14)28/h1-11,28H,(H,25,26)(H,27,29)/b24-11+. The largest absolute Gasteiger partial charge is 0.507 e. The number of hydrogen-bond acceptors (Lipinski definition) is 4. The summed E-state index contributed by atoms with van der Waals surface area (Å²) < 4.78 is 0. The van der Waals surface area contributed by atoms with Crippen molar-refractivity contribution in [2.45, 2.75) is 0 Å². The number of para-hydroxylation sites is 1. The van der Waals surface area contributed by atoms with E-state index in [-0.39, 0.29) is 11.7 Å². The minimum absolute atomic E-state index is 0.124. The number of benzene rings is 3. The third kappa shape index (κ3) is 3.94. The number of carbonyl (C=O) groups is 1. The van der Waals surface area contributed by atoms with E-state index in [2.05, 4.69) is 20.5 Å². The quantitative estimate of drug-likeness (QED) is 0.317. The molecule has 0 saturated carbocycles. The number of hydrazone groups is 1. The molecule has 1 aromatic heterocycles. The molecule has 3 N–H and O–H groups in total. The van der Waals surface area contributed by atoms with Gasteiger partial charge in [0.2, 0.25) is 0 Å². The van der Waals surface area contributed by atoms with E-state index in [0.717, 1.165) is 0 Å². The zero-order chi connectivity index (χ0) is 20.4. The number of nitrogens with zero attached hydrogens (tertiary/aromatic N) is 2. The minimum atomic E-state index is -0.389. The molecular weight excluding hydrogens is 411 g/mol. The van der Waals surface area contributed by atoms with E-state index in [9.17, 15) is 9.90 Å². The summed E-state index contributed by atoms with van der Waals surface area (Å²) in [5.74, 6) is 0.253. The molecular formula is C21H14Cl2N4O2. The lowest BCUT2D eigenvalue weighted by atomic mass is 10.2. The normalized spacial score (nSPS) is 11.2. The molecule has 0 atom stereocenters. The first-order valence-electron chi connectivity index (χ1n) is 8.58. The number of H-pyrrole nitrogens is 1. The first-order chi connectivity index (χ1) is 14.0. The second kappa shape index (κ2) is 7.95. The van der Waals surface area contributed by atoms with Gasteiger partial charge >= 0.3 is 0 Å². The molecule has 0 bridgehead atoms. The summed E-state index contributed by atoms with van der Waals surface area (Å²) in [6.45, 7) is 0. The van der Waals surface area contributed by atoms with E-state index in [0.29, 0.717) is 43.6 Å². The molecule has 29 heavy (non-hydrogen) atoms. The van der Waals surface area contributed by atoms with E-state index in [1.807, 2.05) is 6.07 Å². The number of hydrogen-bond donors (Lipinski definition) is 3. The molecule has 3 aromatic carbocycles. The maximum absolute atomic E-state index is 12.4. The monoisotopic (exact) mass is 424 g/mol. The second-order valence-electron chi connectivity index (χ2n) is 6.18. The highest BCUT2D eigenvalue weighted by molar-refractivity contribution is 6.43. The SMILES string of the molecule is O=C(N/N=C/c1cccc(Cl)c1Cl)c1ccc2nc(-c3ccccc3O)[nH]c2c1. The van der Waals surface area contributed by atoms with Gasteiger partial charge in [0, 0.05) is 11.1 Å². The van der Waals surface area contributed by atoms with Gasteiger partial charge in [-0.05, 0) is 36.4 Å². The molecule has 6 nitrogen and oxygen atoms in total. The predicted molar refractivity (Wildman–Crippen MR) is 115 cm³/mol. The fourth-order valence-corrected chi connectivity index (χ4v) is 3.15. The number of imidazole rings is 1. The fraction of sp³-hybridized carbons (Fsp3) is 0. The van der Waals surface area contributed by atoms with E-state index < -0.39 is 0 Å². The van der Waals surface area contributed by atoms with Crippen molar-refractivity contribution < 1.29 is 9.90 Å². The summed E-state index contributed by atoms with van der Waals surface area (Å²) in [5, 5.41) is 14.7. The molecule has 0 spiro atoms. The van der Waals surface area contributed by atoms with Gasteiger partial charge in [-0.15, -0.1) is 0 Å². The van der Waals surface area contributed by atoms with Gasteiger partial charge in [-0.3, -0.25) is 4.79 Å². The number of phenolic OH excluding ortho intramolecular Hbond substituents is 1. The summed E-state index contributed by atoms with van der Waals surface area (Å²) in [5.41, 5.74) is 5.38. The van der Waals surface area contributed by atoms with Gasteiger partial charge in [-0.1, -0.05) is 47.5 Å². The Balaban J connectivity index is 1.54. The van der Waals surface area contributed by atoms with Crippen molar-refractivity contribution in [3.8, 4) is 17.1 Å². The van der Waals surface area contributed by atoms with Crippen molar-refractivity contribution >= 4 is 46.4 Å². The molecule has 0 aliphatic heterocycles. The first-order valence-corrected chi connectivity index (χ1v) is 9.34. The molecule has 0 unspecified atom stereocenters. The number of halogens is 2. The van der Waals surface area contributed by atoms with Crippen LogP contribution in [0.15, 0.2) is 65.8 Å². The molecule has 8 heteroatoms. The fourth-order valence-electron chi connectivity index (χ4n) is 2.80. The summed E-state index contributed by atoms with van der Waals surface area (Å²) in [7, 11) is 0. The first kappa shape index (κ1) is 19.0. The topological polar surface area (TPSA) is 90.4 Å². The van der Waals surface area contributed by atoms with E-state index in [1.165, 1.54) is 6.21 Å². The van der Waals surface area contributed by atoms with Gasteiger partial charge in [0.05, 0.1) is 32.9 Å². The minimum Gasteiger partial charge on any atom is -0.507 e. The second-order valence-corrected chi connectivity index (χ2v) is 6.96. The van der Waals surface area contributed by atoms with Crippen molar-refractivity contribution in [1.82, 2.24) is 15.4 Å². The molecule has 0 aliphatic rings. The number of amides is 1. The average molecular weight is 425 g/mol. The number of aromatic nitrogens is 2. The van der Waals surface area contributed by atoms with Crippen molar-refractivity contribution in [2.24, 2.45) is 5.10 Å². The molecule has 1 amide bonds. The van der Waals surface area contributed by atoms with Crippen LogP contribution in [0.2, 0.25) is 10.0 Å². The molecule has 144 valence electrons. The van der Waals surface area contributed by atoms with Crippen LogP contribution in [0.4, 0.5) is 0 Å². The Kier molecular flexibility index (Phi) is 5.20. The lowest BCUT2D eigenvalue weighted by Crippen LogP contribution is -2.17. The van der Waals surface area contributed by atoms with Crippen LogP contribution in [-0.4, -0.2) is 27.2 Å². The molecule has 0 fully saturated rings. The zero-order valence-corrected chi connectivity index (χ0v) is 16.4. The van der Waals surface area contributed by atoms with E-state index >= 15 is 0 Å². The lowest BCUT2D eigenvalue weighted by Gasteiger charge is -2.01. The van der Waals surface area contributed by atoms with Crippen LogP contribution in [-0.2, 0) is 0 Å². The van der Waals surface area contributed by atoms with Crippen molar-refractivity contribution in [1.29, 1.82) is 0 Å². The number of aromatic hydroxyl groups is 1. The van der Waals surface area contributed by atoms with Gasteiger partial charge in [0.1, 0.15) is 11.6 Å². The number of carbonyl (C=O) groups excluding carboxylic acids is 1. The Bertz CT molecular complexity index is 1250. The number of nitrogens with one attached hydrogen (secondary N) is 2. The van der Waals surface area contributed by atoms with Crippen LogP contribution in [0.1, 0.15) is 15.9 Å². The van der Waals surface area contributed by atoms with Crippen molar-refractivity contribution in [3.63, 3.8) is 0 Å². The predicted octanol–water partition coefficient (Wildman–Crippen LogP) is 5.01. The average Bonchev–Trinajstić information content (AvgIpc) is 3.14. The Hall–Kier alpha value is -3.35. The number of fused-ring (bicyclic) bond motifs is 1. The van der Waals surface area contributed by atoms with Crippen LogP contribution >= 0.6 is 23.2 Å². The van der Waals surface area contributed by atoms with Crippen LogP contribution in [0, 0.1) is 0 Å². The van der Waals surface area contributed by atoms with Crippen LogP contribution in [0.5, 0.6) is 5.75 Å². The number of phenols is 1. The van der Waals surface area contributed by atoms with Gasteiger partial charge < -0.3 is 10.1 Å². The highest BCUT2D eigenvalue weighted by Gasteiger charge is 2.11. The van der Waals surface area contributed by atoms with Gasteiger partial charge in [-0.2, -0.15) is 5.10 Å². The Labute approximate surface area is 175 Å². The van der Waals surface area contributed by atoms with E-state index in [4.69, 9.17) is 23.2 Å². The molecule has 0 radical (unpaired) electrons. The van der Waals surface area contributed by atoms with Crippen LogP contribution < -0.4 is 5.43 Å². The van der Waals surface area contributed by atoms with Crippen LogP contribution in [0.25, 0.3) is 22.4 Å².